The van der Waals surface area contributed by atoms with Crippen LogP contribution in [0.25, 0.3) is 0 Å². The Morgan fingerprint density at radius 3 is 1.62 bits per heavy atom. The van der Waals surface area contributed by atoms with Crippen LogP contribution < -0.4 is 2.81 Å². The van der Waals surface area contributed by atoms with Crippen LogP contribution in [0.3, 0.4) is 0 Å². The minimum absolute atomic E-state index is 0.0724. The van der Waals surface area contributed by atoms with Gasteiger partial charge in [0.2, 0.25) is 0 Å². The third-order valence-corrected chi connectivity index (χ3v) is 9.63. The minimum atomic E-state index is -2.59. The van der Waals surface area contributed by atoms with Crippen molar-refractivity contribution in [1.29, 1.82) is 0 Å². The Morgan fingerprint density at radius 1 is 0.762 bits per heavy atom. The molecule has 0 saturated heterocycles. The normalized spacial score (nSPS) is 17.1. The van der Waals surface area contributed by atoms with Gasteiger partial charge in [0.25, 0.3) is 0 Å². The Balaban J connectivity index is 1.87. The van der Waals surface area contributed by atoms with Crippen LogP contribution in [0.2, 0.25) is 7.25 Å². The zero-order chi connectivity index (χ0) is 14.8. The van der Waals surface area contributed by atoms with Gasteiger partial charge in [0.05, 0.1) is 0 Å². The summed E-state index contributed by atoms with van der Waals surface area (Å²) < 4.78 is 46.0. The Labute approximate surface area is 129 Å². The second kappa shape index (κ2) is 6.19. The number of rotatable bonds is 4. The standard InChI is InChI=1S/C6H3F3O.2C5H5.Zr/c7-4-1-3(10)2-5(8)6(4)9;2*1-2-4-5-3-1;/h1-2,10H;2*1-5H;/q;;;+1/p-1. The summed E-state index contributed by atoms with van der Waals surface area (Å²) in [5, 5.41) is 0. The molecule has 0 unspecified atom stereocenters. The molecule has 1 aromatic rings. The molecular weight excluding hydrogens is 356 g/mol. The Bertz CT molecular complexity index is 588. The number of benzene rings is 1. The van der Waals surface area contributed by atoms with E-state index in [9.17, 15) is 13.2 Å². The van der Waals surface area contributed by atoms with Gasteiger partial charge >= 0.3 is 129 Å². The van der Waals surface area contributed by atoms with Crippen molar-refractivity contribution < 1.29 is 38.2 Å². The molecule has 0 fully saturated rings. The van der Waals surface area contributed by atoms with E-state index >= 15 is 0 Å². The molecule has 3 rings (SSSR count). The number of hydrogen-bond acceptors (Lipinski definition) is 1. The van der Waals surface area contributed by atoms with E-state index < -0.39 is 39.6 Å². The molecule has 0 N–H and O–H groups in total. The van der Waals surface area contributed by atoms with Crippen LogP contribution in [-0.2, 0) is 22.2 Å². The van der Waals surface area contributed by atoms with Crippen molar-refractivity contribution in [3.8, 4) is 5.75 Å². The van der Waals surface area contributed by atoms with Crippen LogP contribution in [0, 0.1) is 17.5 Å². The Hall–Kier alpha value is -1.35. The first kappa shape index (κ1) is 14.6. The van der Waals surface area contributed by atoms with Gasteiger partial charge in [0.1, 0.15) is 0 Å². The van der Waals surface area contributed by atoms with Crippen molar-refractivity contribution in [2.45, 2.75) is 7.25 Å². The summed E-state index contributed by atoms with van der Waals surface area (Å²) in [7, 11) is 0. The third-order valence-electron chi connectivity index (χ3n) is 3.35. The number of halogens is 3. The Morgan fingerprint density at radius 2 is 1.19 bits per heavy atom. The molecule has 0 heterocycles. The first-order valence-electron chi connectivity index (χ1n) is 6.54. The first-order valence-corrected chi connectivity index (χ1v) is 10.4. The van der Waals surface area contributed by atoms with Crippen molar-refractivity contribution >= 4 is 0 Å². The molecule has 1 aromatic carbocycles. The molecule has 21 heavy (non-hydrogen) atoms. The molecule has 0 saturated carbocycles. The quantitative estimate of drug-likeness (QED) is 0.691. The first-order chi connectivity index (χ1) is 10.1. The summed E-state index contributed by atoms with van der Waals surface area (Å²) in [6.07, 6.45) is 16.0. The molecule has 0 aliphatic heterocycles. The van der Waals surface area contributed by atoms with Crippen molar-refractivity contribution in [3.63, 3.8) is 0 Å². The van der Waals surface area contributed by atoms with Crippen molar-refractivity contribution in [3.05, 3.63) is 78.2 Å². The van der Waals surface area contributed by atoms with Gasteiger partial charge in [-0.15, -0.1) is 0 Å². The van der Waals surface area contributed by atoms with Gasteiger partial charge < -0.3 is 0 Å². The molecule has 0 aromatic heterocycles. The average molecular weight is 368 g/mol. The maximum atomic E-state index is 13.3. The third kappa shape index (κ3) is 3.13. The Kier molecular flexibility index (Phi) is 4.30. The molecule has 2 aliphatic carbocycles. The zero-order valence-corrected chi connectivity index (χ0v) is 13.4. The van der Waals surface area contributed by atoms with Crippen LogP contribution >= 0.6 is 0 Å². The summed E-state index contributed by atoms with van der Waals surface area (Å²) >= 11 is -2.59. The van der Waals surface area contributed by atoms with E-state index in [4.69, 9.17) is 2.81 Å². The molecule has 0 amide bonds. The summed E-state index contributed by atoms with van der Waals surface area (Å²) in [6, 6.07) is 1.84. The number of allylic oxidation sites excluding steroid dienone is 8. The predicted molar refractivity (Wildman–Crippen MR) is 71.0 cm³/mol. The molecule has 2 aliphatic rings. The fourth-order valence-corrected chi connectivity index (χ4v) is 8.01. The molecular formula is C16H12F3OZr. The van der Waals surface area contributed by atoms with Gasteiger partial charge in [-0.25, -0.2) is 0 Å². The van der Waals surface area contributed by atoms with Gasteiger partial charge in [-0.05, 0) is 0 Å². The van der Waals surface area contributed by atoms with Crippen molar-refractivity contribution in [1.82, 2.24) is 0 Å². The van der Waals surface area contributed by atoms with E-state index in [1.165, 1.54) is 0 Å². The second-order valence-electron chi connectivity index (χ2n) is 4.80. The molecule has 0 spiro atoms. The van der Waals surface area contributed by atoms with Crippen molar-refractivity contribution in [2.75, 3.05) is 0 Å². The summed E-state index contributed by atoms with van der Waals surface area (Å²) in [5.41, 5.74) is 0. The topological polar surface area (TPSA) is 9.23 Å². The molecule has 107 valence electrons. The molecule has 1 nitrogen and oxygen atoms in total. The van der Waals surface area contributed by atoms with Gasteiger partial charge in [-0.1, -0.05) is 0 Å². The van der Waals surface area contributed by atoms with E-state index in [-0.39, 0.29) is 13.0 Å². The number of hydrogen-bond donors (Lipinski definition) is 0. The molecule has 0 atom stereocenters. The SMILES string of the molecule is Fc1cc([O][Zr]([CH]2C=CC=C2)[CH]2C=CC=C2)cc(F)c1F. The fraction of sp³-hybridized carbons (Fsp3) is 0.125. The summed E-state index contributed by atoms with van der Waals surface area (Å²) in [4.78, 5) is 0. The average Bonchev–Trinajstić information content (AvgIpc) is 3.14. The molecule has 5 heteroatoms. The van der Waals surface area contributed by atoms with Gasteiger partial charge in [-0.2, -0.15) is 0 Å². The van der Waals surface area contributed by atoms with Crippen LogP contribution in [0.4, 0.5) is 13.2 Å². The van der Waals surface area contributed by atoms with Crippen LogP contribution in [-0.4, -0.2) is 0 Å². The van der Waals surface area contributed by atoms with E-state index in [1.54, 1.807) is 0 Å². The van der Waals surface area contributed by atoms with Gasteiger partial charge in [-0.3, -0.25) is 0 Å². The molecule has 0 radical (unpaired) electrons. The van der Waals surface area contributed by atoms with Crippen molar-refractivity contribution in [2.24, 2.45) is 0 Å². The van der Waals surface area contributed by atoms with E-state index in [0.29, 0.717) is 0 Å². The summed E-state index contributed by atoms with van der Waals surface area (Å²) in [5.74, 6) is -3.83. The maximum absolute atomic E-state index is 13.3. The summed E-state index contributed by atoms with van der Waals surface area (Å²) in [6.45, 7) is 0. The molecule has 0 bridgehead atoms. The van der Waals surface area contributed by atoms with Crippen LogP contribution in [0.5, 0.6) is 5.75 Å². The zero-order valence-electron chi connectivity index (χ0n) is 11.0. The second-order valence-corrected chi connectivity index (χ2v) is 10.6. The van der Waals surface area contributed by atoms with E-state index in [2.05, 4.69) is 0 Å². The fourth-order valence-electron chi connectivity index (χ4n) is 2.33. The van der Waals surface area contributed by atoms with E-state index in [1.807, 2.05) is 48.6 Å². The van der Waals surface area contributed by atoms with E-state index in [0.717, 1.165) is 12.1 Å². The predicted octanol–water partition coefficient (Wildman–Crippen LogP) is 4.84. The van der Waals surface area contributed by atoms with Gasteiger partial charge in [0, 0.05) is 0 Å². The monoisotopic (exact) mass is 367 g/mol. The van der Waals surface area contributed by atoms with Gasteiger partial charge in [0.15, 0.2) is 0 Å². The van der Waals surface area contributed by atoms with Crippen LogP contribution in [0.1, 0.15) is 0 Å². The van der Waals surface area contributed by atoms with Crippen LogP contribution in [0.15, 0.2) is 60.7 Å².